The molecule has 7 N–H and O–H groups in total. The Morgan fingerprint density at radius 3 is 1.09 bits per heavy atom. The van der Waals surface area contributed by atoms with Crippen molar-refractivity contribution in [2.45, 2.75) is 49.0 Å². The molecular weight excluding hydrogens is 1370 g/mol. The monoisotopic (exact) mass is 1430 g/mol. The molecule has 25 nitrogen and oxygen atoms in total. The minimum absolute atomic E-state index is 0. The molecule has 0 unspecified atom stereocenters. The number of rotatable bonds is 20. The van der Waals surface area contributed by atoms with Crippen LogP contribution in [-0.4, -0.2) is 85.3 Å². The molecule has 29 heteroatoms. The molecule has 6 aromatic carbocycles. The van der Waals surface area contributed by atoms with Crippen molar-refractivity contribution in [3.63, 3.8) is 0 Å². The molecule has 0 atom stereocenters. The summed E-state index contributed by atoms with van der Waals surface area (Å²) in [6, 6.07) is 48.6. The van der Waals surface area contributed by atoms with Crippen LogP contribution in [0.3, 0.4) is 0 Å². The van der Waals surface area contributed by atoms with Crippen molar-refractivity contribution in [2.75, 3.05) is 46.1 Å². The molecule has 3 radical (unpaired) electrons. The molecule has 4 heterocycles. The summed E-state index contributed by atoms with van der Waals surface area (Å²) in [5, 5.41) is 84.7. The second-order valence-electron chi connectivity index (χ2n) is 21.6. The molecule has 10 aromatic rings. The number of anilines is 12. The van der Waals surface area contributed by atoms with E-state index in [9.17, 15) is 19.5 Å². The largest absolute Gasteiger partial charge is 1.00 e. The number of hydrogen-bond donors (Lipinski definition) is 7. The van der Waals surface area contributed by atoms with Gasteiger partial charge in [-0.2, -0.15) is 46.5 Å². The number of carbonyl (C=O) groups excluding carboxylic acids is 2. The van der Waals surface area contributed by atoms with E-state index in [1.165, 1.54) is 49.8 Å². The number of aromatic carboxylic acids is 1. The standard InChI is InChI=1S/C26H19N7OS.C25H23N7O2.C23H18N6O2.CH4.B.K.Na.2H/c1-16-12-19(4-3-9-27)13-17(2)23(16)32-22-14-21(24(34)25-29-10-11-35-25)31-26(33-22)30-20-7-5-18(15-28)6-8-20;1-16-12-19(6-5-11-26)13-17(2)23(16)30-22-14-21(24(33)32(3)34-4)29-25(31-22)28-20-9-7-18(15-27)8-10-20;1-14-10-17(4-3-9-24)11-15(2)21(14)28-20-12-19(22(30)31)27-23(29-20)26-18-7-5-16(13-25)6-8-18;;;;;;/h3-8,10-14H,1-2H3,(H2,30,31,32,33);5-10,12-14H,1-4H3,(H2,28,29,30,31);3-8,10-12H,1-2H3,(H,30,31)(H2,26,27,28,29);1H4;;;;;/q;;;;;2*+1;2*-1/b4-3+;6-5+;4-3+;;;;;;. The maximum atomic E-state index is 13.0. The number of nitrogens with one attached hydrogen (secondary N) is 6. The number of carboxylic acid groups (broad SMARTS) is 1. The Balaban J connectivity index is 0.000000526. The minimum atomic E-state index is -1.18. The molecule has 0 saturated carbocycles. The topological polar surface area (TPSA) is 389 Å². The predicted octanol–water partition coefficient (Wildman–Crippen LogP) is 9.47. The fourth-order valence-electron chi connectivity index (χ4n) is 9.65. The smallest absolute Gasteiger partial charge is 1.00 e. The van der Waals surface area contributed by atoms with Gasteiger partial charge in [0.25, 0.3) is 5.91 Å². The summed E-state index contributed by atoms with van der Waals surface area (Å²) in [4.78, 5) is 72.7. The van der Waals surface area contributed by atoms with Crippen LogP contribution in [0.25, 0.3) is 18.2 Å². The van der Waals surface area contributed by atoms with Gasteiger partial charge in [-0.25, -0.2) is 29.8 Å². The molecule has 0 fully saturated rings. The van der Waals surface area contributed by atoms with Gasteiger partial charge >= 0.3 is 86.9 Å². The van der Waals surface area contributed by atoms with Crippen molar-refractivity contribution in [3.05, 3.63) is 246 Å². The third kappa shape index (κ3) is 24.0. The quantitative estimate of drug-likeness (QED) is 0.0161. The van der Waals surface area contributed by atoms with Gasteiger partial charge in [-0.3, -0.25) is 14.4 Å². The van der Waals surface area contributed by atoms with E-state index in [1.807, 2.05) is 102 Å². The zero-order valence-corrected chi connectivity index (χ0v) is 63.5. The van der Waals surface area contributed by atoms with Crippen LogP contribution in [0.15, 0.2) is 157 Å². The van der Waals surface area contributed by atoms with Crippen LogP contribution >= 0.6 is 11.3 Å². The zero-order valence-electron chi connectivity index (χ0n) is 59.6. The van der Waals surface area contributed by atoms with Crippen molar-refractivity contribution >= 4 is 125 Å². The van der Waals surface area contributed by atoms with Gasteiger partial charge in [-0.15, -0.1) is 11.3 Å². The van der Waals surface area contributed by atoms with E-state index in [-0.39, 0.29) is 140 Å². The first-order chi connectivity index (χ1) is 48.2. The summed E-state index contributed by atoms with van der Waals surface area (Å²) in [7, 11) is 2.89. The van der Waals surface area contributed by atoms with Gasteiger partial charge in [-0.05, 0) is 219 Å². The van der Waals surface area contributed by atoms with Gasteiger partial charge in [0.2, 0.25) is 23.6 Å². The number of nitrogens with zero attached hydrogens (tertiary/aromatic N) is 14. The molecule has 507 valence electrons. The molecular formula is C75H66BKN20NaO5S. The first kappa shape index (κ1) is 84.8. The normalized spacial score (nSPS) is 10.0. The predicted molar refractivity (Wildman–Crippen MR) is 397 cm³/mol. The van der Waals surface area contributed by atoms with E-state index in [2.05, 4.69) is 78.9 Å². The summed E-state index contributed by atoms with van der Waals surface area (Å²) in [6.45, 7) is 11.6. The number of hydrogen-bond acceptors (Lipinski definition) is 24. The molecule has 0 aliphatic carbocycles. The second kappa shape index (κ2) is 41.4. The Hall–Kier alpha value is -11.6. The van der Waals surface area contributed by atoms with Crippen LogP contribution in [0, 0.1) is 110 Å². The molecule has 0 bridgehead atoms. The van der Waals surface area contributed by atoms with Crippen LogP contribution in [0.1, 0.15) is 114 Å². The summed E-state index contributed by atoms with van der Waals surface area (Å²) in [5.41, 5.74) is 14.5. The number of ketones is 1. The average Bonchev–Trinajstić information content (AvgIpc) is 0.869. The molecule has 4 aromatic heterocycles. The van der Waals surface area contributed by atoms with Crippen molar-refractivity contribution < 1.29 is 108 Å². The third-order valence-electron chi connectivity index (χ3n) is 14.3. The number of carboxylic acids is 1. The Bertz CT molecular complexity index is 5040. The van der Waals surface area contributed by atoms with Crippen molar-refractivity contribution in [1.82, 2.24) is 40.0 Å². The van der Waals surface area contributed by atoms with Gasteiger partial charge in [0.15, 0.2) is 10.7 Å². The number of carbonyl (C=O) groups is 3. The van der Waals surface area contributed by atoms with E-state index in [4.69, 9.17) is 36.4 Å². The molecule has 1 amide bonds. The summed E-state index contributed by atoms with van der Waals surface area (Å²) < 4.78 is 0. The number of amides is 1. The van der Waals surface area contributed by atoms with E-state index in [1.54, 1.807) is 115 Å². The van der Waals surface area contributed by atoms with Crippen LogP contribution in [0.4, 0.5) is 69.4 Å². The molecule has 10 rings (SSSR count). The van der Waals surface area contributed by atoms with Crippen molar-refractivity contribution in [3.8, 4) is 36.4 Å². The number of thiazole rings is 1. The van der Waals surface area contributed by atoms with Gasteiger partial charge in [0.05, 0.1) is 60.2 Å². The molecule has 0 saturated heterocycles. The first-order valence-electron chi connectivity index (χ1n) is 30.0. The van der Waals surface area contributed by atoms with Crippen LogP contribution in [0.2, 0.25) is 0 Å². The van der Waals surface area contributed by atoms with Gasteiger partial charge in [0.1, 0.15) is 28.8 Å². The number of benzene rings is 6. The Labute approximate surface area is 675 Å². The summed E-state index contributed by atoms with van der Waals surface area (Å²) in [6.07, 6.45) is 11.1. The third-order valence-corrected chi connectivity index (χ3v) is 15.1. The van der Waals surface area contributed by atoms with Gasteiger partial charge in [0, 0.05) is 97.6 Å². The van der Waals surface area contributed by atoms with E-state index >= 15 is 0 Å². The van der Waals surface area contributed by atoms with E-state index in [0.29, 0.717) is 56.2 Å². The maximum absolute atomic E-state index is 13.0. The van der Waals surface area contributed by atoms with Crippen molar-refractivity contribution in [1.29, 1.82) is 31.6 Å². The van der Waals surface area contributed by atoms with Crippen molar-refractivity contribution in [2.24, 2.45) is 0 Å². The summed E-state index contributed by atoms with van der Waals surface area (Å²) in [5.74, 6) is -0.243. The van der Waals surface area contributed by atoms with Gasteiger partial charge in [-0.1, -0.05) is 7.43 Å². The molecule has 0 spiro atoms. The SMILES string of the molecule is C.CON(C)C(=O)c1cc(Nc2c(C)cc(/C=C/C#N)cc2C)nc(Nc2ccc(C#N)cc2)n1.Cc1cc(/C=C/C#N)cc(C)c1Nc1cc(C(=O)O)nc(Nc2ccc(C#N)cc2)n1.Cc1cc(/C=C/C#N)cc(C)c1Nc1cc(C(=O)c2nccs2)nc(Nc2ccc(C#N)cc2)n1.[B].[H-].[H-].[K+].[Na+]. The number of allylic oxidation sites excluding steroid dienone is 3. The fourth-order valence-corrected chi connectivity index (χ4v) is 10.2. The summed E-state index contributed by atoms with van der Waals surface area (Å²) >= 11 is 1.24. The Morgan fingerprint density at radius 2 is 0.798 bits per heavy atom. The number of nitriles is 6. The van der Waals surface area contributed by atoms with Crippen LogP contribution in [0.5, 0.6) is 0 Å². The average molecular weight is 1430 g/mol. The van der Waals surface area contributed by atoms with E-state index in [0.717, 1.165) is 72.2 Å². The maximum Gasteiger partial charge on any atom is 1.00 e. The van der Waals surface area contributed by atoms with E-state index < -0.39 is 11.9 Å². The first-order valence-corrected chi connectivity index (χ1v) is 30.9. The zero-order chi connectivity index (χ0) is 71.8. The molecule has 104 heavy (non-hydrogen) atoms. The Morgan fingerprint density at radius 1 is 0.490 bits per heavy atom. The molecule has 0 aliphatic rings. The second-order valence-corrected chi connectivity index (χ2v) is 22.5. The van der Waals surface area contributed by atoms with Crippen LogP contribution in [-0.2, 0) is 4.84 Å². The molecule has 0 aliphatic heterocycles. The number of aromatic nitrogens is 7. The fraction of sp³-hybridized carbons (Fsp3) is 0.120. The Kier molecular flexibility index (Phi) is 33.7. The number of hydroxylamine groups is 2. The van der Waals surface area contributed by atoms with Crippen LogP contribution < -0.4 is 113 Å². The van der Waals surface area contributed by atoms with Gasteiger partial charge < -0.3 is 39.9 Å². The number of aryl methyl sites for hydroxylation is 6. The minimum Gasteiger partial charge on any atom is -1.00 e.